The minimum atomic E-state index is 0.0522. The second-order valence-electron chi connectivity index (χ2n) is 2.39. The molecule has 1 heterocycles. The van der Waals surface area contributed by atoms with E-state index >= 15 is 0 Å². The van der Waals surface area contributed by atoms with Crippen LogP contribution in [0.25, 0.3) is 11.0 Å². The molecule has 0 atom stereocenters. The third-order valence-electron chi connectivity index (χ3n) is 1.64. The molecule has 0 aliphatic rings. The molecule has 0 fully saturated rings. The summed E-state index contributed by atoms with van der Waals surface area (Å²) in [6, 6.07) is 7.36. The summed E-state index contributed by atoms with van der Waals surface area (Å²) in [4.78, 5) is 0. The molecular weight excluding hydrogens is 140 g/mol. The van der Waals surface area contributed by atoms with Crippen molar-refractivity contribution in [3.63, 3.8) is 0 Å². The molecule has 2 heteroatoms. The predicted octanol–water partition coefficient (Wildman–Crippen LogP) is 1.73. The standard InChI is InChI=1S/C9H7O2/c10-6-7-1-2-8-3-4-11-9(8)5-7/h1-3,5,10H,6H2. The van der Waals surface area contributed by atoms with Crippen LogP contribution in [0.5, 0.6) is 0 Å². The van der Waals surface area contributed by atoms with E-state index in [1.54, 1.807) is 6.07 Å². The van der Waals surface area contributed by atoms with Crippen LogP contribution in [0.1, 0.15) is 5.56 Å². The summed E-state index contributed by atoms with van der Waals surface area (Å²) in [5.41, 5.74) is 1.64. The zero-order valence-corrected chi connectivity index (χ0v) is 5.87. The predicted molar refractivity (Wildman–Crippen MR) is 41.0 cm³/mol. The monoisotopic (exact) mass is 147 g/mol. The van der Waals surface area contributed by atoms with Crippen molar-refractivity contribution in [2.24, 2.45) is 0 Å². The number of benzene rings is 1. The summed E-state index contributed by atoms with van der Waals surface area (Å²) in [6.07, 6.45) is 2.63. The van der Waals surface area contributed by atoms with Crippen LogP contribution in [0.15, 0.2) is 28.7 Å². The average Bonchev–Trinajstić information content (AvgIpc) is 2.50. The van der Waals surface area contributed by atoms with Gasteiger partial charge in [0.1, 0.15) is 5.58 Å². The van der Waals surface area contributed by atoms with Crippen molar-refractivity contribution in [1.82, 2.24) is 0 Å². The minimum absolute atomic E-state index is 0.0522. The van der Waals surface area contributed by atoms with E-state index in [0.29, 0.717) is 0 Å². The van der Waals surface area contributed by atoms with E-state index in [1.807, 2.05) is 18.2 Å². The van der Waals surface area contributed by atoms with Crippen LogP contribution in [0.4, 0.5) is 0 Å². The van der Waals surface area contributed by atoms with Gasteiger partial charge < -0.3 is 9.52 Å². The molecule has 2 rings (SSSR count). The molecule has 0 saturated carbocycles. The first kappa shape index (κ1) is 6.43. The van der Waals surface area contributed by atoms with Crippen LogP contribution in [-0.4, -0.2) is 5.11 Å². The lowest BCUT2D eigenvalue weighted by Crippen LogP contribution is -1.79. The van der Waals surface area contributed by atoms with Gasteiger partial charge in [-0.25, -0.2) is 0 Å². The quantitative estimate of drug-likeness (QED) is 0.666. The Morgan fingerprint density at radius 3 is 3.18 bits per heavy atom. The zero-order valence-electron chi connectivity index (χ0n) is 5.87. The summed E-state index contributed by atoms with van der Waals surface area (Å²) in [5, 5.41) is 9.80. The van der Waals surface area contributed by atoms with Crippen molar-refractivity contribution in [3.05, 3.63) is 36.1 Å². The van der Waals surface area contributed by atoms with Crippen molar-refractivity contribution >= 4 is 11.0 Å². The van der Waals surface area contributed by atoms with E-state index in [0.717, 1.165) is 16.5 Å². The van der Waals surface area contributed by atoms with Crippen molar-refractivity contribution in [2.45, 2.75) is 6.61 Å². The SMILES string of the molecule is OCc1ccc2c[c]oc2c1. The van der Waals surface area contributed by atoms with E-state index in [4.69, 9.17) is 9.52 Å². The Labute approximate surface area is 64.1 Å². The maximum atomic E-state index is 8.78. The first-order valence-corrected chi connectivity index (χ1v) is 3.39. The Balaban J connectivity index is 2.67. The summed E-state index contributed by atoms with van der Waals surface area (Å²) in [6.45, 7) is 0.0522. The molecule has 1 aromatic carbocycles. The summed E-state index contributed by atoms with van der Waals surface area (Å²) in [5.74, 6) is 0. The molecule has 11 heavy (non-hydrogen) atoms. The fourth-order valence-corrected chi connectivity index (χ4v) is 1.04. The van der Waals surface area contributed by atoms with Gasteiger partial charge in [-0.15, -0.1) is 0 Å². The normalized spacial score (nSPS) is 10.6. The maximum Gasteiger partial charge on any atom is 0.170 e. The lowest BCUT2D eigenvalue weighted by molar-refractivity contribution is 0.282. The molecule has 0 bridgehead atoms. The van der Waals surface area contributed by atoms with Gasteiger partial charge in [-0.1, -0.05) is 12.1 Å². The van der Waals surface area contributed by atoms with E-state index in [2.05, 4.69) is 6.26 Å². The second-order valence-corrected chi connectivity index (χ2v) is 2.39. The molecule has 0 unspecified atom stereocenters. The topological polar surface area (TPSA) is 33.4 Å². The van der Waals surface area contributed by atoms with Gasteiger partial charge in [-0.3, -0.25) is 0 Å². The van der Waals surface area contributed by atoms with Crippen LogP contribution in [0.2, 0.25) is 0 Å². The molecule has 1 aromatic heterocycles. The van der Waals surface area contributed by atoms with Gasteiger partial charge in [-0.05, 0) is 17.7 Å². The van der Waals surface area contributed by atoms with Crippen molar-refractivity contribution < 1.29 is 9.52 Å². The smallest absolute Gasteiger partial charge is 0.170 e. The lowest BCUT2D eigenvalue weighted by atomic mass is 10.2. The number of hydrogen-bond acceptors (Lipinski definition) is 2. The van der Waals surface area contributed by atoms with Gasteiger partial charge in [0.2, 0.25) is 0 Å². The average molecular weight is 147 g/mol. The molecule has 0 spiro atoms. The van der Waals surface area contributed by atoms with Crippen LogP contribution < -0.4 is 0 Å². The first-order chi connectivity index (χ1) is 5.40. The first-order valence-electron chi connectivity index (χ1n) is 3.39. The fourth-order valence-electron chi connectivity index (χ4n) is 1.04. The second kappa shape index (κ2) is 2.40. The molecule has 2 nitrogen and oxygen atoms in total. The molecule has 1 radical (unpaired) electrons. The molecule has 0 aliphatic carbocycles. The van der Waals surface area contributed by atoms with Gasteiger partial charge in [0, 0.05) is 5.39 Å². The minimum Gasteiger partial charge on any atom is -0.453 e. The highest BCUT2D eigenvalue weighted by molar-refractivity contribution is 5.77. The Morgan fingerprint density at radius 1 is 1.45 bits per heavy atom. The summed E-state index contributed by atoms with van der Waals surface area (Å²) >= 11 is 0. The van der Waals surface area contributed by atoms with Crippen LogP contribution in [0, 0.1) is 6.26 Å². The van der Waals surface area contributed by atoms with Crippen LogP contribution >= 0.6 is 0 Å². The molecule has 1 N–H and O–H groups in total. The van der Waals surface area contributed by atoms with Gasteiger partial charge in [-0.2, -0.15) is 0 Å². The van der Waals surface area contributed by atoms with E-state index < -0.39 is 0 Å². The number of hydrogen-bond donors (Lipinski definition) is 1. The number of aliphatic hydroxyl groups is 1. The van der Waals surface area contributed by atoms with Crippen molar-refractivity contribution in [1.29, 1.82) is 0 Å². The van der Waals surface area contributed by atoms with Gasteiger partial charge in [0.05, 0.1) is 6.61 Å². The van der Waals surface area contributed by atoms with E-state index in [-0.39, 0.29) is 6.61 Å². The third kappa shape index (κ3) is 1.01. The number of fused-ring (bicyclic) bond motifs is 1. The zero-order chi connectivity index (χ0) is 7.68. The van der Waals surface area contributed by atoms with Gasteiger partial charge >= 0.3 is 0 Å². The molecule has 0 saturated heterocycles. The molecule has 0 aliphatic heterocycles. The lowest BCUT2D eigenvalue weighted by Gasteiger charge is -1.93. The third-order valence-corrected chi connectivity index (χ3v) is 1.64. The highest BCUT2D eigenvalue weighted by atomic mass is 16.3. The Morgan fingerprint density at radius 2 is 2.36 bits per heavy atom. The maximum absolute atomic E-state index is 8.78. The van der Waals surface area contributed by atoms with E-state index in [9.17, 15) is 0 Å². The number of furan rings is 1. The molecule has 0 amide bonds. The largest absolute Gasteiger partial charge is 0.453 e. The molecular formula is C9H7O2. The van der Waals surface area contributed by atoms with Gasteiger partial charge in [0.15, 0.2) is 6.26 Å². The summed E-state index contributed by atoms with van der Waals surface area (Å²) in [7, 11) is 0. The fraction of sp³-hybridized carbons (Fsp3) is 0.111. The van der Waals surface area contributed by atoms with Crippen molar-refractivity contribution in [3.8, 4) is 0 Å². The highest BCUT2D eigenvalue weighted by Gasteiger charge is 1.96. The van der Waals surface area contributed by atoms with E-state index in [1.165, 1.54) is 0 Å². The number of aliphatic hydroxyl groups excluding tert-OH is 1. The van der Waals surface area contributed by atoms with Gasteiger partial charge in [0.25, 0.3) is 0 Å². The molecule has 2 aromatic rings. The van der Waals surface area contributed by atoms with Crippen molar-refractivity contribution in [2.75, 3.05) is 0 Å². The van der Waals surface area contributed by atoms with Crippen LogP contribution in [0.3, 0.4) is 0 Å². The Bertz CT molecular complexity index is 362. The highest BCUT2D eigenvalue weighted by Crippen LogP contribution is 2.16. The Hall–Kier alpha value is -1.28. The Kier molecular flexibility index (Phi) is 1.40. The van der Waals surface area contributed by atoms with Crippen LogP contribution in [-0.2, 0) is 6.61 Å². The molecule has 55 valence electrons. The number of rotatable bonds is 1. The summed E-state index contributed by atoms with van der Waals surface area (Å²) < 4.78 is 5.02.